The first-order valence-electron chi connectivity index (χ1n) is 6.78. The van der Waals surface area contributed by atoms with Crippen LogP contribution in [-0.2, 0) is 6.42 Å². The number of hydrogen-bond donors (Lipinski definition) is 1. The summed E-state index contributed by atoms with van der Waals surface area (Å²) in [6.07, 6.45) is 1.74. The predicted molar refractivity (Wildman–Crippen MR) is 89.5 cm³/mol. The zero-order valence-corrected chi connectivity index (χ0v) is 13.4. The first-order chi connectivity index (χ1) is 10.1. The van der Waals surface area contributed by atoms with Gasteiger partial charge in [-0.15, -0.1) is 0 Å². The average molecular weight is 345 g/mol. The van der Waals surface area contributed by atoms with E-state index in [1.54, 1.807) is 12.1 Å². The SMILES string of the molecule is C/C(CCc1ccccc1)=N/NC(=O)c1ccc(Br)cc1. The van der Waals surface area contributed by atoms with E-state index in [2.05, 4.69) is 38.6 Å². The Kier molecular flexibility index (Phi) is 5.69. The summed E-state index contributed by atoms with van der Waals surface area (Å²) in [5.41, 5.74) is 5.36. The standard InChI is InChI=1S/C17H17BrN2O/c1-13(7-8-14-5-3-2-4-6-14)19-20-17(21)15-9-11-16(18)12-10-15/h2-6,9-12H,7-8H2,1H3,(H,20,21)/b19-13-. The van der Waals surface area contributed by atoms with Crippen LogP contribution in [0.4, 0.5) is 0 Å². The molecule has 2 aromatic rings. The highest BCUT2D eigenvalue weighted by atomic mass is 79.9. The highest BCUT2D eigenvalue weighted by Crippen LogP contribution is 2.10. The van der Waals surface area contributed by atoms with Crippen LogP contribution in [0.15, 0.2) is 64.2 Å². The lowest BCUT2D eigenvalue weighted by atomic mass is 10.1. The van der Waals surface area contributed by atoms with E-state index in [0.29, 0.717) is 5.56 Å². The molecule has 0 aliphatic rings. The van der Waals surface area contributed by atoms with E-state index >= 15 is 0 Å². The van der Waals surface area contributed by atoms with Crippen molar-refractivity contribution in [1.82, 2.24) is 5.43 Å². The third-order valence-electron chi connectivity index (χ3n) is 3.07. The number of rotatable bonds is 5. The summed E-state index contributed by atoms with van der Waals surface area (Å²) in [4.78, 5) is 11.9. The molecule has 2 aromatic carbocycles. The van der Waals surface area contributed by atoms with Gasteiger partial charge in [0.1, 0.15) is 0 Å². The summed E-state index contributed by atoms with van der Waals surface area (Å²) < 4.78 is 0.946. The second-order valence-corrected chi connectivity index (χ2v) is 5.70. The third-order valence-corrected chi connectivity index (χ3v) is 3.60. The fourth-order valence-corrected chi connectivity index (χ4v) is 2.10. The number of nitrogens with one attached hydrogen (secondary N) is 1. The zero-order valence-electron chi connectivity index (χ0n) is 11.8. The Morgan fingerprint density at radius 1 is 1.10 bits per heavy atom. The molecule has 0 saturated heterocycles. The van der Waals surface area contributed by atoms with Crippen LogP contribution >= 0.6 is 15.9 Å². The molecule has 21 heavy (non-hydrogen) atoms. The number of carbonyl (C=O) groups excluding carboxylic acids is 1. The molecule has 2 rings (SSSR count). The molecule has 3 nitrogen and oxygen atoms in total. The fraction of sp³-hybridized carbons (Fsp3) is 0.176. The first kappa shape index (κ1) is 15.4. The van der Waals surface area contributed by atoms with Gasteiger partial charge in [-0.25, -0.2) is 5.43 Å². The summed E-state index contributed by atoms with van der Waals surface area (Å²) in [6, 6.07) is 17.4. The Bertz CT molecular complexity index is 621. The Hall–Kier alpha value is -1.94. The highest BCUT2D eigenvalue weighted by molar-refractivity contribution is 9.10. The van der Waals surface area contributed by atoms with Crippen molar-refractivity contribution in [2.75, 3.05) is 0 Å². The van der Waals surface area contributed by atoms with Crippen molar-refractivity contribution in [2.24, 2.45) is 5.10 Å². The number of benzene rings is 2. The number of carbonyl (C=O) groups is 1. The Morgan fingerprint density at radius 2 is 1.76 bits per heavy atom. The smallest absolute Gasteiger partial charge is 0.267 e. The number of hydrogen-bond acceptors (Lipinski definition) is 2. The van der Waals surface area contributed by atoms with E-state index in [0.717, 1.165) is 23.0 Å². The van der Waals surface area contributed by atoms with Crippen LogP contribution in [0.2, 0.25) is 0 Å². The number of aryl methyl sites for hydroxylation is 1. The van der Waals surface area contributed by atoms with Gasteiger partial charge >= 0.3 is 0 Å². The predicted octanol–water partition coefficient (Wildman–Crippen LogP) is 4.19. The van der Waals surface area contributed by atoms with Crippen molar-refractivity contribution in [3.63, 3.8) is 0 Å². The van der Waals surface area contributed by atoms with Gasteiger partial charge in [0, 0.05) is 15.7 Å². The van der Waals surface area contributed by atoms with E-state index in [4.69, 9.17) is 0 Å². The molecule has 0 unspecified atom stereocenters. The lowest BCUT2D eigenvalue weighted by Gasteiger charge is -2.03. The fourth-order valence-electron chi connectivity index (χ4n) is 1.84. The van der Waals surface area contributed by atoms with Gasteiger partial charge in [-0.1, -0.05) is 46.3 Å². The lowest BCUT2D eigenvalue weighted by Crippen LogP contribution is -2.19. The van der Waals surface area contributed by atoms with Crippen LogP contribution in [0.5, 0.6) is 0 Å². The van der Waals surface area contributed by atoms with E-state index in [-0.39, 0.29) is 5.91 Å². The van der Waals surface area contributed by atoms with Crippen molar-refractivity contribution in [3.05, 3.63) is 70.2 Å². The number of nitrogens with zero attached hydrogens (tertiary/aromatic N) is 1. The molecule has 1 amide bonds. The summed E-state index contributed by atoms with van der Waals surface area (Å²) >= 11 is 3.34. The molecule has 0 aliphatic carbocycles. The molecule has 0 fully saturated rings. The monoisotopic (exact) mass is 344 g/mol. The van der Waals surface area contributed by atoms with Crippen LogP contribution < -0.4 is 5.43 Å². The number of hydrazone groups is 1. The van der Waals surface area contributed by atoms with Gasteiger partial charge in [0.15, 0.2) is 0 Å². The van der Waals surface area contributed by atoms with Gasteiger partial charge in [-0.3, -0.25) is 4.79 Å². The van der Waals surface area contributed by atoms with Crippen molar-refractivity contribution in [3.8, 4) is 0 Å². The van der Waals surface area contributed by atoms with Crippen molar-refractivity contribution < 1.29 is 4.79 Å². The van der Waals surface area contributed by atoms with Gasteiger partial charge in [0.25, 0.3) is 5.91 Å². The van der Waals surface area contributed by atoms with Crippen LogP contribution in [0.3, 0.4) is 0 Å². The van der Waals surface area contributed by atoms with Crippen LogP contribution in [0.25, 0.3) is 0 Å². The maximum atomic E-state index is 11.9. The minimum Gasteiger partial charge on any atom is -0.267 e. The van der Waals surface area contributed by atoms with E-state index in [1.807, 2.05) is 37.3 Å². The second-order valence-electron chi connectivity index (χ2n) is 4.78. The minimum absolute atomic E-state index is 0.193. The van der Waals surface area contributed by atoms with Crippen LogP contribution in [-0.4, -0.2) is 11.6 Å². The Morgan fingerprint density at radius 3 is 2.43 bits per heavy atom. The molecule has 0 saturated carbocycles. The lowest BCUT2D eigenvalue weighted by molar-refractivity contribution is 0.0954. The highest BCUT2D eigenvalue weighted by Gasteiger charge is 2.04. The number of halogens is 1. The molecule has 0 spiro atoms. The van der Waals surface area contributed by atoms with E-state index in [1.165, 1.54) is 5.56 Å². The molecule has 0 aromatic heterocycles. The van der Waals surface area contributed by atoms with Crippen molar-refractivity contribution >= 4 is 27.5 Å². The zero-order chi connectivity index (χ0) is 15.1. The molecule has 4 heteroatoms. The van der Waals surface area contributed by atoms with E-state index < -0.39 is 0 Å². The summed E-state index contributed by atoms with van der Waals surface area (Å²) in [7, 11) is 0. The summed E-state index contributed by atoms with van der Waals surface area (Å²) in [5, 5.41) is 4.14. The van der Waals surface area contributed by atoms with E-state index in [9.17, 15) is 4.79 Å². The number of amides is 1. The first-order valence-corrected chi connectivity index (χ1v) is 7.57. The Labute approximate surface area is 133 Å². The molecule has 108 valence electrons. The second kappa shape index (κ2) is 7.74. The van der Waals surface area contributed by atoms with Gasteiger partial charge in [0.2, 0.25) is 0 Å². The maximum absolute atomic E-state index is 11.9. The topological polar surface area (TPSA) is 41.5 Å². The van der Waals surface area contributed by atoms with Crippen LogP contribution in [0, 0.1) is 0 Å². The van der Waals surface area contributed by atoms with Crippen molar-refractivity contribution in [1.29, 1.82) is 0 Å². The summed E-state index contributed by atoms with van der Waals surface area (Å²) in [5.74, 6) is -0.193. The molecule has 0 heterocycles. The van der Waals surface area contributed by atoms with Gasteiger partial charge in [-0.05, 0) is 49.6 Å². The summed E-state index contributed by atoms with van der Waals surface area (Å²) in [6.45, 7) is 1.92. The normalized spacial score (nSPS) is 11.2. The van der Waals surface area contributed by atoms with Gasteiger partial charge in [-0.2, -0.15) is 5.10 Å². The van der Waals surface area contributed by atoms with Crippen LogP contribution in [0.1, 0.15) is 29.3 Å². The molecular weight excluding hydrogens is 328 g/mol. The largest absolute Gasteiger partial charge is 0.271 e. The average Bonchev–Trinajstić information content (AvgIpc) is 2.52. The van der Waals surface area contributed by atoms with Crippen molar-refractivity contribution in [2.45, 2.75) is 19.8 Å². The minimum atomic E-state index is -0.193. The molecule has 0 radical (unpaired) electrons. The third kappa shape index (κ3) is 5.16. The molecular formula is C17H17BrN2O. The molecule has 0 bridgehead atoms. The molecule has 0 aliphatic heterocycles. The van der Waals surface area contributed by atoms with Gasteiger partial charge in [0.05, 0.1) is 0 Å². The Balaban J connectivity index is 1.85. The molecule has 0 atom stereocenters. The maximum Gasteiger partial charge on any atom is 0.271 e. The van der Waals surface area contributed by atoms with Gasteiger partial charge < -0.3 is 0 Å². The quantitative estimate of drug-likeness (QED) is 0.641. The molecule has 1 N–H and O–H groups in total.